The zero-order valence-electron chi connectivity index (χ0n) is 21.3. The molecule has 33 heavy (non-hydrogen) atoms. The van der Waals surface area contributed by atoms with E-state index in [4.69, 9.17) is 10.5 Å². The lowest BCUT2D eigenvalue weighted by molar-refractivity contribution is -0.118. The predicted octanol–water partition coefficient (Wildman–Crippen LogP) is 5.57. The zero-order valence-corrected chi connectivity index (χ0v) is 22.3. The first kappa shape index (κ1) is 25.7. The molecule has 1 atom stereocenters. The highest BCUT2D eigenvalue weighted by atomic mass is 28.3. The average Bonchev–Trinajstić information content (AvgIpc) is 3.04. The molecule has 1 saturated carbocycles. The molecule has 182 valence electrons. The molecule has 7 heteroatoms. The minimum Gasteiger partial charge on any atom is -0.360 e. The number of hydrogen-bond donors (Lipinski definition) is 2. The molecule has 1 fully saturated rings. The third-order valence-electron chi connectivity index (χ3n) is 6.90. The summed E-state index contributed by atoms with van der Waals surface area (Å²) in [5.74, 6) is 0.944. The van der Waals surface area contributed by atoms with E-state index < -0.39 is 14.1 Å². The van der Waals surface area contributed by atoms with Crippen molar-refractivity contribution in [2.24, 2.45) is 17.6 Å². The van der Waals surface area contributed by atoms with Crippen LogP contribution < -0.4 is 11.1 Å². The lowest BCUT2D eigenvalue weighted by Crippen LogP contribution is -2.43. The van der Waals surface area contributed by atoms with Crippen LogP contribution in [0.15, 0.2) is 24.3 Å². The van der Waals surface area contributed by atoms with Crippen LogP contribution in [0.1, 0.15) is 44.0 Å². The van der Waals surface area contributed by atoms with Crippen LogP contribution in [-0.2, 0) is 16.3 Å². The van der Waals surface area contributed by atoms with Crippen molar-refractivity contribution in [2.75, 3.05) is 11.9 Å². The standard InChI is InChI=1S/C26H42N4O2Si/c1-18-7-9-22(10-8-18)25(27)26(31)28-23-13-11-21(12-14-23)24-19(2)29-30(20(24)3)17-32-15-16-33(4,5)6/h11-14,18,22,25H,7-10,15-17,27H2,1-6H3,(H,28,31)/t18-,22-,25-/m0/s1. The molecular weight excluding hydrogens is 428 g/mol. The Hall–Kier alpha value is -1.96. The third-order valence-corrected chi connectivity index (χ3v) is 8.61. The van der Waals surface area contributed by atoms with Crippen molar-refractivity contribution in [3.8, 4) is 11.1 Å². The number of nitrogens with two attached hydrogens (primary N) is 1. The molecule has 0 radical (unpaired) electrons. The molecule has 0 aliphatic heterocycles. The van der Waals surface area contributed by atoms with Crippen molar-refractivity contribution in [1.29, 1.82) is 0 Å². The number of ether oxygens (including phenoxy) is 1. The summed E-state index contributed by atoms with van der Waals surface area (Å²) in [6, 6.07) is 8.68. The van der Waals surface area contributed by atoms with Gasteiger partial charge in [0.15, 0.2) is 0 Å². The number of carbonyl (C=O) groups is 1. The Bertz CT molecular complexity index is 925. The summed E-state index contributed by atoms with van der Waals surface area (Å²) in [5.41, 5.74) is 11.3. The molecule has 1 aliphatic rings. The molecule has 2 aromatic rings. The SMILES string of the molecule is Cc1nn(COCC[Si](C)(C)C)c(C)c1-c1ccc(NC(=O)[C@@H](N)[C@H]2CC[C@H](C)CC2)cc1. The van der Waals surface area contributed by atoms with Gasteiger partial charge < -0.3 is 15.8 Å². The fourth-order valence-electron chi connectivity index (χ4n) is 4.57. The van der Waals surface area contributed by atoms with E-state index >= 15 is 0 Å². The molecular formula is C26H42N4O2Si. The molecule has 6 nitrogen and oxygen atoms in total. The van der Waals surface area contributed by atoms with Crippen LogP contribution in [0.2, 0.25) is 25.7 Å². The Kier molecular flexibility index (Phi) is 8.53. The van der Waals surface area contributed by atoms with Gasteiger partial charge in [0.05, 0.1) is 11.7 Å². The van der Waals surface area contributed by atoms with Crippen LogP contribution in [0, 0.1) is 25.7 Å². The van der Waals surface area contributed by atoms with Gasteiger partial charge in [-0.05, 0) is 62.3 Å². The maximum absolute atomic E-state index is 12.7. The molecule has 0 saturated heterocycles. The van der Waals surface area contributed by atoms with Gasteiger partial charge in [-0.15, -0.1) is 0 Å². The van der Waals surface area contributed by atoms with Gasteiger partial charge in [0.1, 0.15) is 6.73 Å². The van der Waals surface area contributed by atoms with E-state index in [1.807, 2.05) is 35.9 Å². The Labute approximate surface area is 200 Å². The molecule has 3 rings (SSSR count). The van der Waals surface area contributed by atoms with Crippen molar-refractivity contribution < 1.29 is 9.53 Å². The van der Waals surface area contributed by atoms with Gasteiger partial charge in [-0.2, -0.15) is 5.10 Å². The maximum Gasteiger partial charge on any atom is 0.241 e. The minimum absolute atomic E-state index is 0.0852. The number of benzene rings is 1. The molecule has 0 spiro atoms. The summed E-state index contributed by atoms with van der Waals surface area (Å²) in [7, 11) is -1.10. The van der Waals surface area contributed by atoms with Crippen molar-refractivity contribution in [1.82, 2.24) is 9.78 Å². The molecule has 1 amide bonds. The number of anilines is 1. The van der Waals surface area contributed by atoms with Gasteiger partial charge in [-0.1, -0.05) is 51.5 Å². The summed E-state index contributed by atoms with van der Waals surface area (Å²) in [6.45, 7) is 14.7. The number of rotatable bonds is 9. The maximum atomic E-state index is 12.7. The summed E-state index contributed by atoms with van der Waals surface area (Å²) in [4.78, 5) is 12.7. The van der Waals surface area contributed by atoms with E-state index in [-0.39, 0.29) is 11.8 Å². The zero-order chi connectivity index (χ0) is 24.2. The van der Waals surface area contributed by atoms with Crippen molar-refractivity contribution in [3.63, 3.8) is 0 Å². The first-order valence-electron chi connectivity index (χ1n) is 12.3. The number of aryl methyl sites for hydroxylation is 1. The smallest absolute Gasteiger partial charge is 0.241 e. The normalized spacial score (nSPS) is 20.0. The number of carbonyl (C=O) groups excluding carboxylic acids is 1. The Morgan fingerprint density at radius 1 is 1.18 bits per heavy atom. The first-order chi connectivity index (χ1) is 15.5. The Balaban J connectivity index is 1.60. The van der Waals surface area contributed by atoms with Crippen LogP contribution in [0.3, 0.4) is 0 Å². The largest absolute Gasteiger partial charge is 0.360 e. The van der Waals surface area contributed by atoms with E-state index in [9.17, 15) is 4.79 Å². The summed E-state index contributed by atoms with van der Waals surface area (Å²) < 4.78 is 7.84. The van der Waals surface area contributed by atoms with Crippen molar-refractivity contribution >= 4 is 19.7 Å². The van der Waals surface area contributed by atoms with Crippen molar-refractivity contribution in [2.45, 2.75) is 84.9 Å². The second-order valence-corrected chi connectivity index (χ2v) is 16.6. The quantitative estimate of drug-likeness (QED) is 0.371. The molecule has 0 bridgehead atoms. The van der Waals surface area contributed by atoms with Gasteiger partial charge in [0, 0.05) is 31.6 Å². The van der Waals surface area contributed by atoms with Crippen LogP contribution in [0.25, 0.3) is 11.1 Å². The number of hydrogen-bond acceptors (Lipinski definition) is 4. The van der Waals surface area contributed by atoms with E-state index in [2.05, 4.69) is 43.9 Å². The number of nitrogens with zero attached hydrogens (tertiary/aromatic N) is 2. The fraction of sp³-hybridized carbons (Fsp3) is 0.615. The third kappa shape index (κ3) is 7.01. The lowest BCUT2D eigenvalue weighted by Gasteiger charge is -2.29. The highest BCUT2D eigenvalue weighted by Gasteiger charge is 2.28. The highest BCUT2D eigenvalue weighted by molar-refractivity contribution is 6.76. The molecule has 1 aromatic heterocycles. The monoisotopic (exact) mass is 470 g/mol. The first-order valence-corrected chi connectivity index (χ1v) is 16.0. The Morgan fingerprint density at radius 2 is 1.82 bits per heavy atom. The molecule has 0 unspecified atom stereocenters. The minimum atomic E-state index is -1.10. The van der Waals surface area contributed by atoms with Crippen LogP contribution in [0.5, 0.6) is 0 Å². The number of amides is 1. The molecule has 3 N–H and O–H groups in total. The van der Waals surface area contributed by atoms with Gasteiger partial charge in [-0.3, -0.25) is 4.79 Å². The summed E-state index contributed by atoms with van der Waals surface area (Å²) >= 11 is 0. The van der Waals surface area contributed by atoms with Gasteiger partial charge in [0.25, 0.3) is 0 Å². The van der Waals surface area contributed by atoms with E-state index in [0.717, 1.165) is 72.5 Å². The lowest BCUT2D eigenvalue weighted by atomic mass is 9.79. The fourth-order valence-corrected chi connectivity index (χ4v) is 5.33. The van der Waals surface area contributed by atoms with Gasteiger partial charge in [0.2, 0.25) is 5.91 Å². The molecule has 1 aliphatic carbocycles. The number of nitrogens with one attached hydrogen (secondary N) is 1. The van der Waals surface area contributed by atoms with Gasteiger partial charge >= 0.3 is 0 Å². The Morgan fingerprint density at radius 3 is 2.42 bits per heavy atom. The second-order valence-electron chi connectivity index (χ2n) is 11.0. The summed E-state index contributed by atoms with van der Waals surface area (Å²) in [5, 5.41) is 7.70. The topological polar surface area (TPSA) is 82.2 Å². The van der Waals surface area contributed by atoms with Crippen LogP contribution in [0.4, 0.5) is 5.69 Å². The molecule has 1 heterocycles. The van der Waals surface area contributed by atoms with E-state index in [1.54, 1.807) is 0 Å². The summed E-state index contributed by atoms with van der Waals surface area (Å²) in [6.07, 6.45) is 4.41. The second kappa shape index (κ2) is 11.0. The predicted molar refractivity (Wildman–Crippen MR) is 139 cm³/mol. The van der Waals surface area contributed by atoms with E-state index in [1.165, 1.54) is 0 Å². The number of aromatic nitrogens is 2. The average molecular weight is 471 g/mol. The van der Waals surface area contributed by atoms with Crippen molar-refractivity contribution in [3.05, 3.63) is 35.7 Å². The van der Waals surface area contributed by atoms with Crippen LogP contribution >= 0.6 is 0 Å². The van der Waals surface area contributed by atoms with Gasteiger partial charge in [-0.25, -0.2) is 4.68 Å². The van der Waals surface area contributed by atoms with Crippen LogP contribution in [-0.4, -0.2) is 36.4 Å². The molecule has 1 aromatic carbocycles. The highest BCUT2D eigenvalue weighted by Crippen LogP contribution is 2.31. The van der Waals surface area contributed by atoms with E-state index in [0.29, 0.717) is 6.73 Å².